The first kappa shape index (κ1) is 14.5. The predicted octanol–water partition coefficient (Wildman–Crippen LogP) is 2.58. The molecule has 0 heterocycles. The molecule has 3 nitrogen and oxygen atoms in total. The molecule has 0 aliphatic rings. The zero-order valence-corrected chi connectivity index (χ0v) is 11.3. The molecule has 0 saturated carbocycles. The van der Waals surface area contributed by atoms with Crippen molar-refractivity contribution in [2.45, 2.75) is 13.3 Å². The maximum atomic E-state index is 11.9. The fourth-order valence-corrected chi connectivity index (χ4v) is 1.64. The molecule has 0 atom stereocenters. The Bertz CT molecular complexity index is 398. The summed E-state index contributed by atoms with van der Waals surface area (Å²) in [6.07, 6.45) is 2.54. The minimum atomic E-state index is 0.0347. The zero-order chi connectivity index (χ0) is 13.4. The fourth-order valence-electron chi connectivity index (χ4n) is 1.64. The van der Waals surface area contributed by atoms with Crippen LogP contribution in [0.1, 0.15) is 18.9 Å². The maximum absolute atomic E-state index is 11.9. The van der Waals surface area contributed by atoms with Crippen molar-refractivity contribution in [1.29, 1.82) is 0 Å². The normalized spacial score (nSPS) is 11.4. The summed E-state index contributed by atoms with van der Waals surface area (Å²) in [4.78, 5) is 13.6. The summed E-state index contributed by atoms with van der Waals surface area (Å²) in [5, 5.41) is 0. The van der Waals surface area contributed by atoms with Crippen LogP contribution in [-0.2, 0) is 9.53 Å². The van der Waals surface area contributed by atoms with Crippen LogP contribution in [0.3, 0.4) is 0 Å². The zero-order valence-electron chi connectivity index (χ0n) is 11.3. The van der Waals surface area contributed by atoms with E-state index in [1.165, 1.54) is 0 Å². The Kier molecular flexibility index (Phi) is 6.15. The van der Waals surface area contributed by atoms with E-state index in [4.69, 9.17) is 4.74 Å². The summed E-state index contributed by atoms with van der Waals surface area (Å²) in [7, 11) is 3.48. The molecule has 0 aromatic heterocycles. The van der Waals surface area contributed by atoms with Crippen molar-refractivity contribution in [2.24, 2.45) is 0 Å². The van der Waals surface area contributed by atoms with Crippen LogP contribution in [0.2, 0.25) is 0 Å². The maximum Gasteiger partial charge on any atom is 0.246 e. The Hall–Kier alpha value is -1.61. The molecular formula is C15H21NO2. The van der Waals surface area contributed by atoms with Gasteiger partial charge in [0.25, 0.3) is 0 Å². The topological polar surface area (TPSA) is 29.5 Å². The monoisotopic (exact) mass is 247 g/mol. The Morgan fingerprint density at radius 1 is 1.33 bits per heavy atom. The first-order valence-corrected chi connectivity index (χ1v) is 6.13. The van der Waals surface area contributed by atoms with Gasteiger partial charge in [-0.15, -0.1) is 0 Å². The summed E-state index contributed by atoms with van der Waals surface area (Å²) in [5.74, 6) is 0.0347. The Morgan fingerprint density at radius 3 is 2.61 bits per heavy atom. The van der Waals surface area contributed by atoms with Gasteiger partial charge in [0.2, 0.25) is 5.91 Å². The van der Waals surface area contributed by atoms with Gasteiger partial charge in [0, 0.05) is 33.4 Å². The number of likely N-dealkylation sites (N-methyl/N-ethyl adjacent to an activating group) is 1. The number of rotatable bonds is 6. The summed E-state index contributed by atoms with van der Waals surface area (Å²) in [6.45, 7) is 3.35. The van der Waals surface area contributed by atoms with Crippen LogP contribution in [0.4, 0.5) is 0 Å². The number of methoxy groups -OCH3 is 1. The third-order valence-corrected chi connectivity index (χ3v) is 2.79. The first-order chi connectivity index (χ1) is 8.65. The second-order valence-corrected chi connectivity index (χ2v) is 4.30. The van der Waals surface area contributed by atoms with E-state index in [-0.39, 0.29) is 5.91 Å². The number of hydrogen-bond donors (Lipinski definition) is 0. The Morgan fingerprint density at radius 2 is 2.00 bits per heavy atom. The third kappa shape index (κ3) is 4.72. The van der Waals surface area contributed by atoms with Gasteiger partial charge >= 0.3 is 0 Å². The van der Waals surface area contributed by atoms with Gasteiger partial charge in [0.05, 0.1) is 0 Å². The molecule has 0 bridgehead atoms. The van der Waals surface area contributed by atoms with E-state index < -0.39 is 0 Å². The number of amides is 1. The van der Waals surface area contributed by atoms with Crippen LogP contribution in [0.15, 0.2) is 36.4 Å². The van der Waals surface area contributed by atoms with Crippen LogP contribution in [-0.4, -0.2) is 38.1 Å². The molecule has 1 aromatic carbocycles. The van der Waals surface area contributed by atoms with Crippen molar-refractivity contribution in [3.05, 3.63) is 42.0 Å². The van der Waals surface area contributed by atoms with E-state index in [0.717, 1.165) is 17.6 Å². The molecule has 3 heteroatoms. The van der Waals surface area contributed by atoms with E-state index >= 15 is 0 Å². The van der Waals surface area contributed by atoms with Crippen molar-refractivity contribution in [2.75, 3.05) is 27.3 Å². The van der Waals surface area contributed by atoms with Crippen molar-refractivity contribution >= 4 is 11.5 Å². The van der Waals surface area contributed by atoms with Gasteiger partial charge < -0.3 is 9.64 Å². The van der Waals surface area contributed by atoms with Gasteiger partial charge in [0.15, 0.2) is 0 Å². The van der Waals surface area contributed by atoms with Crippen LogP contribution in [0.25, 0.3) is 5.57 Å². The van der Waals surface area contributed by atoms with E-state index in [2.05, 4.69) is 0 Å². The molecule has 1 amide bonds. The van der Waals surface area contributed by atoms with Crippen molar-refractivity contribution in [3.63, 3.8) is 0 Å². The van der Waals surface area contributed by atoms with Gasteiger partial charge in [-0.2, -0.15) is 0 Å². The smallest absolute Gasteiger partial charge is 0.246 e. The molecule has 18 heavy (non-hydrogen) atoms. The van der Waals surface area contributed by atoms with Crippen LogP contribution in [0.5, 0.6) is 0 Å². The summed E-state index contributed by atoms with van der Waals surface area (Å²) in [5.41, 5.74) is 2.07. The third-order valence-electron chi connectivity index (χ3n) is 2.79. The Labute approximate surface area is 109 Å². The highest BCUT2D eigenvalue weighted by molar-refractivity contribution is 5.94. The highest BCUT2D eigenvalue weighted by Crippen LogP contribution is 2.12. The van der Waals surface area contributed by atoms with Crippen molar-refractivity contribution < 1.29 is 9.53 Å². The standard InChI is InChI=1S/C15H21NO2/c1-13(14-8-5-4-6-9-14)12-15(17)16(2)10-7-11-18-3/h4-6,8-9,12H,7,10-11H2,1-3H3/b13-12+. The van der Waals surface area contributed by atoms with Crippen LogP contribution >= 0.6 is 0 Å². The lowest BCUT2D eigenvalue weighted by atomic mass is 10.1. The molecule has 0 saturated heterocycles. The lowest BCUT2D eigenvalue weighted by Crippen LogP contribution is -2.26. The average molecular weight is 247 g/mol. The summed E-state index contributed by atoms with van der Waals surface area (Å²) >= 11 is 0. The molecule has 1 rings (SSSR count). The molecule has 0 spiro atoms. The van der Waals surface area contributed by atoms with Gasteiger partial charge in [-0.25, -0.2) is 0 Å². The fraction of sp³-hybridized carbons (Fsp3) is 0.400. The molecular weight excluding hydrogens is 226 g/mol. The minimum absolute atomic E-state index is 0.0347. The quantitative estimate of drug-likeness (QED) is 0.571. The van der Waals surface area contributed by atoms with E-state index in [1.54, 1.807) is 18.1 Å². The van der Waals surface area contributed by atoms with E-state index in [9.17, 15) is 4.79 Å². The largest absolute Gasteiger partial charge is 0.385 e. The predicted molar refractivity (Wildman–Crippen MR) is 74.2 cm³/mol. The number of benzene rings is 1. The second kappa shape index (κ2) is 7.67. The molecule has 0 aliphatic carbocycles. The molecule has 1 aromatic rings. The minimum Gasteiger partial charge on any atom is -0.385 e. The van der Waals surface area contributed by atoms with Gasteiger partial charge in [-0.3, -0.25) is 4.79 Å². The molecule has 0 unspecified atom stereocenters. The number of nitrogens with zero attached hydrogens (tertiary/aromatic N) is 1. The summed E-state index contributed by atoms with van der Waals surface area (Å²) < 4.78 is 4.97. The summed E-state index contributed by atoms with van der Waals surface area (Å²) in [6, 6.07) is 9.92. The Balaban J connectivity index is 2.57. The van der Waals surface area contributed by atoms with E-state index in [1.807, 2.05) is 44.3 Å². The van der Waals surface area contributed by atoms with Gasteiger partial charge in [-0.1, -0.05) is 30.3 Å². The number of ether oxygens (including phenoxy) is 1. The number of carbonyl (C=O) groups is 1. The second-order valence-electron chi connectivity index (χ2n) is 4.30. The van der Waals surface area contributed by atoms with E-state index in [0.29, 0.717) is 13.2 Å². The number of hydrogen-bond acceptors (Lipinski definition) is 2. The number of carbonyl (C=O) groups excluding carboxylic acids is 1. The first-order valence-electron chi connectivity index (χ1n) is 6.13. The molecule has 98 valence electrons. The lowest BCUT2D eigenvalue weighted by Gasteiger charge is -2.15. The SMILES string of the molecule is COCCCN(C)C(=O)/C=C(\C)c1ccccc1. The van der Waals surface area contributed by atoms with Crippen LogP contribution < -0.4 is 0 Å². The van der Waals surface area contributed by atoms with Crippen molar-refractivity contribution in [3.8, 4) is 0 Å². The highest BCUT2D eigenvalue weighted by Gasteiger charge is 2.06. The lowest BCUT2D eigenvalue weighted by molar-refractivity contribution is -0.124. The molecule has 0 fully saturated rings. The average Bonchev–Trinajstić information content (AvgIpc) is 2.39. The van der Waals surface area contributed by atoms with Crippen molar-refractivity contribution in [1.82, 2.24) is 4.90 Å². The number of allylic oxidation sites excluding steroid dienone is 1. The highest BCUT2D eigenvalue weighted by atomic mass is 16.5. The van der Waals surface area contributed by atoms with Gasteiger partial charge in [0.1, 0.15) is 0 Å². The molecule has 0 aliphatic heterocycles. The molecule has 0 radical (unpaired) electrons. The van der Waals surface area contributed by atoms with Crippen LogP contribution in [0, 0.1) is 0 Å². The molecule has 0 N–H and O–H groups in total. The van der Waals surface area contributed by atoms with Gasteiger partial charge in [-0.05, 0) is 24.5 Å².